The number of hydrogen-bond donors (Lipinski definition) is 1. The third-order valence-corrected chi connectivity index (χ3v) is 4.84. The Hall–Kier alpha value is -3.39. The van der Waals surface area contributed by atoms with Crippen molar-refractivity contribution in [2.75, 3.05) is 20.8 Å². The molecule has 0 saturated carbocycles. The normalized spacial score (nSPS) is 10.8. The lowest BCUT2D eigenvalue weighted by Crippen LogP contribution is -2.18. The van der Waals surface area contributed by atoms with Crippen LogP contribution in [-0.4, -0.2) is 38.9 Å². The Balaban J connectivity index is 1.69. The van der Waals surface area contributed by atoms with Crippen LogP contribution in [0.4, 0.5) is 0 Å². The molecular weight excluding hydrogens is 452 g/mol. The van der Waals surface area contributed by atoms with Crippen LogP contribution in [0.15, 0.2) is 64.2 Å². The summed E-state index contributed by atoms with van der Waals surface area (Å²) < 4.78 is 15.9. The summed E-state index contributed by atoms with van der Waals surface area (Å²) in [6.45, 7) is -0.188. The van der Waals surface area contributed by atoms with E-state index in [0.717, 1.165) is 16.3 Å². The highest BCUT2D eigenvalue weighted by molar-refractivity contribution is 9.10. The first kappa shape index (κ1) is 21.3. The maximum Gasteiger partial charge on any atom is 0.343 e. The van der Waals surface area contributed by atoms with Crippen LogP contribution in [0.1, 0.15) is 15.9 Å². The standard InChI is InChI=1S/C22H19BrN2O5/c1-28-20-11-16-6-4-3-5-15(16)10-17(20)22(27)25-24-12-14-7-8-19(18(23)9-14)30-13-21(26)29-2/h3-12H,13H2,1-2H3,(H,25,27)/b24-12-. The number of amides is 1. The Kier molecular flexibility index (Phi) is 7.03. The number of ether oxygens (including phenoxy) is 3. The fourth-order valence-electron chi connectivity index (χ4n) is 2.70. The summed E-state index contributed by atoms with van der Waals surface area (Å²) >= 11 is 3.38. The number of halogens is 1. The van der Waals surface area contributed by atoms with Crippen LogP contribution >= 0.6 is 15.9 Å². The number of carbonyl (C=O) groups excluding carboxylic acids is 2. The van der Waals surface area contributed by atoms with Gasteiger partial charge in [-0.3, -0.25) is 4.79 Å². The minimum atomic E-state index is -0.473. The van der Waals surface area contributed by atoms with Crippen LogP contribution in [0.2, 0.25) is 0 Å². The van der Waals surface area contributed by atoms with E-state index < -0.39 is 5.97 Å². The van der Waals surface area contributed by atoms with Crippen molar-refractivity contribution in [2.24, 2.45) is 5.10 Å². The zero-order valence-electron chi connectivity index (χ0n) is 16.3. The van der Waals surface area contributed by atoms with E-state index in [9.17, 15) is 9.59 Å². The van der Waals surface area contributed by atoms with Gasteiger partial charge in [-0.2, -0.15) is 5.10 Å². The molecule has 3 rings (SSSR count). The second-order valence-electron chi connectivity index (χ2n) is 6.15. The summed E-state index contributed by atoms with van der Waals surface area (Å²) in [6.07, 6.45) is 1.50. The molecule has 0 saturated heterocycles. The SMILES string of the molecule is COC(=O)COc1ccc(/C=N\NC(=O)c2cc3ccccc3cc2OC)cc1Br. The van der Waals surface area contributed by atoms with Gasteiger partial charge in [0, 0.05) is 0 Å². The van der Waals surface area contributed by atoms with Crippen LogP contribution in [0, 0.1) is 0 Å². The van der Waals surface area contributed by atoms with Crippen molar-refractivity contribution in [3.8, 4) is 11.5 Å². The number of nitrogens with zero attached hydrogens (tertiary/aromatic N) is 1. The minimum Gasteiger partial charge on any atom is -0.496 e. The van der Waals surface area contributed by atoms with Gasteiger partial charge in [0.1, 0.15) is 11.5 Å². The maximum atomic E-state index is 12.6. The fraction of sp³-hybridized carbons (Fsp3) is 0.136. The van der Waals surface area contributed by atoms with E-state index in [1.54, 1.807) is 24.3 Å². The molecule has 0 fully saturated rings. The first-order valence-corrected chi connectivity index (χ1v) is 9.70. The van der Waals surface area contributed by atoms with Gasteiger partial charge in [-0.1, -0.05) is 24.3 Å². The predicted molar refractivity (Wildman–Crippen MR) is 117 cm³/mol. The molecule has 0 atom stereocenters. The smallest absolute Gasteiger partial charge is 0.343 e. The number of carbonyl (C=O) groups is 2. The van der Waals surface area contributed by atoms with Crippen LogP contribution < -0.4 is 14.9 Å². The topological polar surface area (TPSA) is 86.2 Å². The molecule has 30 heavy (non-hydrogen) atoms. The predicted octanol–water partition coefficient (Wildman–Crippen LogP) is 3.93. The van der Waals surface area contributed by atoms with Gasteiger partial charge in [-0.15, -0.1) is 0 Å². The lowest BCUT2D eigenvalue weighted by atomic mass is 10.1. The van der Waals surface area contributed by atoms with E-state index in [2.05, 4.69) is 31.2 Å². The summed E-state index contributed by atoms with van der Waals surface area (Å²) in [4.78, 5) is 23.7. The number of nitrogens with one attached hydrogen (secondary N) is 1. The van der Waals surface area contributed by atoms with E-state index in [1.807, 2.05) is 30.3 Å². The van der Waals surface area contributed by atoms with Gasteiger partial charge in [0.25, 0.3) is 5.91 Å². The molecule has 0 aromatic heterocycles. The average Bonchev–Trinajstić information content (AvgIpc) is 2.77. The molecule has 0 heterocycles. The molecule has 8 heteroatoms. The van der Waals surface area contributed by atoms with Crippen LogP contribution in [0.3, 0.4) is 0 Å². The second kappa shape index (κ2) is 9.89. The van der Waals surface area contributed by atoms with Gasteiger partial charge >= 0.3 is 5.97 Å². The maximum absolute atomic E-state index is 12.6. The Morgan fingerprint density at radius 1 is 1.03 bits per heavy atom. The monoisotopic (exact) mass is 470 g/mol. The van der Waals surface area contributed by atoms with Crippen LogP contribution in [0.5, 0.6) is 11.5 Å². The average molecular weight is 471 g/mol. The summed E-state index contributed by atoms with van der Waals surface area (Å²) in [5, 5.41) is 5.93. The fourth-order valence-corrected chi connectivity index (χ4v) is 3.21. The zero-order valence-corrected chi connectivity index (χ0v) is 17.9. The van der Waals surface area contributed by atoms with Crippen molar-refractivity contribution in [3.05, 3.63) is 70.2 Å². The quantitative estimate of drug-likeness (QED) is 0.321. The lowest BCUT2D eigenvalue weighted by molar-refractivity contribution is -0.142. The van der Waals surface area contributed by atoms with Gasteiger partial charge in [0.05, 0.1) is 30.5 Å². The van der Waals surface area contributed by atoms with Gasteiger partial charge in [-0.25, -0.2) is 10.2 Å². The summed E-state index contributed by atoms with van der Waals surface area (Å²) in [5.74, 6) is 0.101. The van der Waals surface area contributed by atoms with E-state index in [0.29, 0.717) is 21.5 Å². The summed E-state index contributed by atoms with van der Waals surface area (Å²) in [6, 6.07) is 16.5. The van der Waals surface area contributed by atoms with Crippen LogP contribution in [0.25, 0.3) is 10.8 Å². The van der Waals surface area contributed by atoms with E-state index >= 15 is 0 Å². The summed E-state index contributed by atoms with van der Waals surface area (Å²) in [5.41, 5.74) is 3.62. The largest absolute Gasteiger partial charge is 0.496 e. The van der Waals surface area contributed by atoms with Crippen molar-refractivity contribution in [3.63, 3.8) is 0 Å². The lowest BCUT2D eigenvalue weighted by Gasteiger charge is -2.09. The summed E-state index contributed by atoms with van der Waals surface area (Å²) in [7, 11) is 2.81. The van der Waals surface area contributed by atoms with Crippen molar-refractivity contribution in [2.45, 2.75) is 0 Å². The molecule has 0 aliphatic heterocycles. The molecule has 0 bridgehead atoms. The first-order valence-electron chi connectivity index (χ1n) is 8.91. The van der Waals surface area contributed by atoms with E-state index in [-0.39, 0.29) is 12.5 Å². The minimum absolute atomic E-state index is 0.188. The molecule has 1 N–H and O–H groups in total. The third kappa shape index (κ3) is 5.15. The molecule has 0 spiro atoms. The third-order valence-electron chi connectivity index (χ3n) is 4.22. The number of fused-ring (bicyclic) bond motifs is 1. The first-order chi connectivity index (χ1) is 14.5. The molecule has 0 unspecified atom stereocenters. The highest BCUT2D eigenvalue weighted by Crippen LogP contribution is 2.27. The number of esters is 1. The van der Waals surface area contributed by atoms with Crippen molar-refractivity contribution in [1.82, 2.24) is 5.43 Å². The Morgan fingerprint density at radius 3 is 2.43 bits per heavy atom. The van der Waals surface area contributed by atoms with Crippen LogP contribution in [-0.2, 0) is 9.53 Å². The van der Waals surface area contributed by atoms with Gasteiger partial charge in [0.2, 0.25) is 0 Å². The number of methoxy groups -OCH3 is 2. The molecule has 0 aliphatic rings. The molecule has 3 aromatic carbocycles. The van der Waals surface area contributed by atoms with Crippen molar-refractivity contribution >= 4 is 44.8 Å². The zero-order chi connectivity index (χ0) is 21.5. The number of hydrogen-bond acceptors (Lipinski definition) is 6. The molecule has 3 aromatic rings. The molecule has 154 valence electrons. The van der Waals surface area contributed by atoms with Gasteiger partial charge in [0.15, 0.2) is 6.61 Å². The van der Waals surface area contributed by atoms with Gasteiger partial charge < -0.3 is 14.2 Å². The molecule has 1 amide bonds. The molecular formula is C22H19BrN2O5. The Bertz CT molecular complexity index is 1110. The van der Waals surface area contributed by atoms with E-state index in [4.69, 9.17) is 9.47 Å². The van der Waals surface area contributed by atoms with E-state index in [1.165, 1.54) is 20.4 Å². The molecule has 0 aliphatic carbocycles. The van der Waals surface area contributed by atoms with Crippen molar-refractivity contribution in [1.29, 1.82) is 0 Å². The Morgan fingerprint density at radius 2 is 1.77 bits per heavy atom. The van der Waals surface area contributed by atoms with Gasteiger partial charge in [-0.05, 0) is 62.6 Å². The highest BCUT2D eigenvalue weighted by atomic mass is 79.9. The number of rotatable bonds is 7. The Labute approximate surface area is 181 Å². The number of benzene rings is 3. The second-order valence-corrected chi connectivity index (χ2v) is 7.01. The van der Waals surface area contributed by atoms with Crippen molar-refractivity contribution < 1.29 is 23.8 Å². The molecule has 0 radical (unpaired) electrons. The highest BCUT2D eigenvalue weighted by Gasteiger charge is 2.13. The number of hydrazone groups is 1. The molecule has 7 nitrogen and oxygen atoms in total.